The van der Waals surface area contributed by atoms with Gasteiger partial charge in [-0.1, -0.05) is 53.1 Å². The number of rotatable bonds is 5. The average Bonchev–Trinajstić information content (AvgIpc) is 3.40. The molecule has 3 fully saturated rings. The van der Waals surface area contributed by atoms with Crippen LogP contribution in [-0.2, 0) is 19.8 Å². The fourth-order valence-corrected chi connectivity index (χ4v) is 8.21. The van der Waals surface area contributed by atoms with Crippen molar-refractivity contribution in [3.63, 3.8) is 0 Å². The normalized spacial score (nSPS) is 39.5. The predicted molar refractivity (Wildman–Crippen MR) is 119 cm³/mol. The molecule has 1 spiro atoms. The molecule has 2 bridgehead atoms. The van der Waals surface area contributed by atoms with Crippen molar-refractivity contribution in [3.8, 4) is 0 Å². The minimum atomic E-state index is -1.30. The first-order chi connectivity index (χ1) is 14.7. The van der Waals surface area contributed by atoms with E-state index in [1.807, 2.05) is 24.3 Å². The molecule has 2 unspecified atom stereocenters. The number of carbonyl (C=O) groups excluding carboxylic acids is 3. The molecule has 3 amide bonds. The van der Waals surface area contributed by atoms with Gasteiger partial charge in [0, 0.05) is 16.3 Å². The molecule has 6 N–H and O–H groups in total. The third-order valence-electron chi connectivity index (χ3n) is 8.98. The van der Waals surface area contributed by atoms with E-state index >= 15 is 0 Å². The molecule has 4 aliphatic rings. The fourth-order valence-electron chi connectivity index (χ4n) is 7.95. The second kappa shape index (κ2) is 6.67. The van der Waals surface area contributed by atoms with Crippen molar-refractivity contribution in [1.29, 1.82) is 0 Å². The molecule has 0 aliphatic heterocycles. The smallest absolute Gasteiger partial charge is 0.229 e. The second-order valence-corrected chi connectivity index (χ2v) is 10.8. The maximum atomic E-state index is 13.7. The molecule has 0 radical (unpaired) electrons. The molecule has 0 aromatic heterocycles. The summed E-state index contributed by atoms with van der Waals surface area (Å²) in [5.74, 6) is -2.84. The maximum absolute atomic E-state index is 13.7. The van der Waals surface area contributed by atoms with E-state index in [1.54, 1.807) is 0 Å². The molecule has 31 heavy (non-hydrogen) atoms. The number of halogens is 1. The highest BCUT2D eigenvalue weighted by molar-refractivity contribution is 9.10. The molecule has 7 heteroatoms. The topological polar surface area (TPSA) is 129 Å². The van der Waals surface area contributed by atoms with Crippen molar-refractivity contribution in [2.75, 3.05) is 0 Å². The summed E-state index contributed by atoms with van der Waals surface area (Å²) in [5.41, 5.74) is 16.4. The van der Waals surface area contributed by atoms with Crippen LogP contribution in [0.15, 0.2) is 40.9 Å². The molecule has 5 rings (SSSR count). The van der Waals surface area contributed by atoms with Gasteiger partial charge in [0.25, 0.3) is 0 Å². The first kappa shape index (κ1) is 20.7. The van der Waals surface area contributed by atoms with Crippen LogP contribution in [-0.4, -0.2) is 17.7 Å². The Morgan fingerprint density at radius 3 is 2.03 bits per heavy atom. The summed E-state index contributed by atoms with van der Waals surface area (Å²) in [7, 11) is 0. The van der Waals surface area contributed by atoms with Crippen molar-refractivity contribution in [2.24, 2.45) is 51.7 Å². The standard InChI is InChI=1S/C24H28BrN3O3/c25-14-7-5-13(6-8-14)23(20(27)30)17-9-10-18(22(17)11-12-22)24(23,21(28)31)16-4-2-1-3-15(16)19(26)29/h5-10,15-18H,1-4,11-12H2,(H2,26,29)(H2,27,30)(H2,28,31)/t15?,16?,17-,18+,23+,24-/m0/s1. The first-order valence-electron chi connectivity index (χ1n) is 11.1. The lowest BCUT2D eigenvalue weighted by Crippen LogP contribution is -2.67. The van der Waals surface area contributed by atoms with Crippen molar-refractivity contribution in [1.82, 2.24) is 0 Å². The Morgan fingerprint density at radius 2 is 1.48 bits per heavy atom. The number of hydrogen-bond acceptors (Lipinski definition) is 3. The van der Waals surface area contributed by atoms with Gasteiger partial charge >= 0.3 is 0 Å². The van der Waals surface area contributed by atoms with Gasteiger partial charge in [0.05, 0.1) is 10.8 Å². The van der Waals surface area contributed by atoms with Gasteiger partial charge in [0.1, 0.15) is 0 Å². The third-order valence-corrected chi connectivity index (χ3v) is 9.51. The number of benzene rings is 1. The number of primary amides is 3. The van der Waals surface area contributed by atoms with Gasteiger partial charge in [-0.05, 0) is 60.6 Å². The Labute approximate surface area is 190 Å². The van der Waals surface area contributed by atoms with Crippen molar-refractivity contribution >= 4 is 33.7 Å². The summed E-state index contributed by atoms with van der Waals surface area (Å²) >= 11 is 3.46. The highest BCUT2D eigenvalue weighted by Gasteiger charge is 2.84. The molecule has 0 saturated heterocycles. The van der Waals surface area contributed by atoms with Crippen LogP contribution < -0.4 is 17.2 Å². The quantitative estimate of drug-likeness (QED) is 0.553. The number of amides is 3. The number of hydrogen-bond donors (Lipinski definition) is 3. The van der Waals surface area contributed by atoms with Crippen molar-refractivity contribution in [3.05, 3.63) is 46.5 Å². The number of carbonyl (C=O) groups is 3. The van der Waals surface area contributed by atoms with Gasteiger partial charge in [-0.15, -0.1) is 0 Å². The zero-order valence-corrected chi connectivity index (χ0v) is 18.9. The average molecular weight is 486 g/mol. The molecule has 6 atom stereocenters. The third kappa shape index (κ3) is 2.31. The van der Waals surface area contributed by atoms with Crippen LogP contribution >= 0.6 is 15.9 Å². The number of allylic oxidation sites excluding steroid dienone is 2. The maximum Gasteiger partial charge on any atom is 0.229 e. The molecule has 1 aromatic carbocycles. The van der Waals surface area contributed by atoms with Crippen LogP contribution in [0.4, 0.5) is 0 Å². The first-order valence-corrected chi connectivity index (χ1v) is 11.9. The molecule has 0 heterocycles. The van der Waals surface area contributed by atoms with Crippen LogP contribution in [0.2, 0.25) is 0 Å². The lowest BCUT2D eigenvalue weighted by atomic mass is 9.46. The molecule has 1 aromatic rings. The highest BCUT2D eigenvalue weighted by atomic mass is 79.9. The van der Waals surface area contributed by atoms with E-state index in [1.165, 1.54) is 0 Å². The molecular weight excluding hydrogens is 458 g/mol. The van der Waals surface area contributed by atoms with E-state index in [-0.39, 0.29) is 17.3 Å². The Morgan fingerprint density at radius 1 is 0.871 bits per heavy atom. The van der Waals surface area contributed by atoms with Crippen LogP contribution in [0.3, 0.4) is 0 Å². The molecule has 164 valence electrons. The summed E-state index contributed by atoms with van der Waals surface area (Å²) in [6.45, 7) is 0. The van der Waals surface area contributed by atoms with Gasteiger partial charge in [-0.25, -0.2) is 0 Å². The molecule has 6 nitrogen and oxygen atoms in total. The Balaban J connectivity index is 1.85. The summed E-state index contributed by atoms with van der Waals surface area (Å²) in [4.78, 5) is 39.8. The minimum absolute atomic E-state index is 0.198. The lowest BCUT2D eigenvalue weighted by molar-refractivity contribution is -0.154. The fraction of sp³-hybridized carbons (Fsp3) is 0.542. The largest absolute Gasteiger partial charge is 0.369 e. The molecule has 3 saturated carbocycles. The monoisotopic (exact) mass is 485 g/mol. The molecule has 4 aliphatic carbocycles. The Kier molecular flexibility index (Phi) is 4.46. The molecular formula is C24H28BrN3O3. The lowest BCUT2D eigenvalue weighted by Gasteiger charge is -2.54. The van der Waals surface area contributed by atoms with E-state index in [2.05, 4.69) is 28.1 Å². The van der Waals surface area contributed by atoms with E-state index in [0.717, 1.165) is 30.2 Å². The van der Waals surface area contributed by atoms with Gasteiger partial charge in [0.15, 0.2) is 0 Å². The summed E-state index contributed by atoms with van der Waals surface area (Å²) < 4.78 is 0.869. The van der Waals surface area contributed by atoms with E-state index in [0.29, 0.717) is 18.4 Å². The van der Waals surface area contributed by atoms with E-state index in [9.17, 15) is 14.4 Å². The Bertz CT molecular complexity index is 1000. The summed E-state index contributed by atoms with van der Waals surface area (Å²) in [6.07, 6.45) is 8.98. The zero-order chi connectivity index (χ0) is 22.2. The predicted octanol–water partition coefficient (Wildman–Crippen LogP) is 2.53. The van der Waals surface area contributed by atoms with Crippen LogP contribution in [0.1, 0.15) is 44.1 Å². The zero-order valence-electron chi connectivity index (χ0n) is 17.4. The second-order valence-electron chi connectivity index (χ2n) is 9.89. The van der Waals surface area contributed by atoms with E-state index < -0.39 is 40.4 Å². The highest BCUT2D eigenvalue weighted by Crippen LogP contribution is 2.82. The van der Waals surface area contributed by atoms with Crippen molar-refractivity contribution < 1.29 is 14.4 Å². The van der Waals surface area contributed by atoms with Gasteiger partial charge in [-0.2, -0.15) is 0 Å². The van der Waals surface area contributed by atoms with E-state index in [4.69, 9.17) is 17.2 Å². The SMILES string of the molecule is NC(=O)C1CCCCC1[C@@]1(C(N)=O)[C@@H]2C=C[C@@H](C23CC3)[C@@]1(C(N)=O)c1ccc(Br)cc1. The van der Waals surface area contributed by atoms with Gasteiger partial charge < -0.3 is 17.2 Å². The van der Waals surface area contributed by atoms with Crippen LogP contribution in [0.25, 0.3) is 0 Å². The Hall–Kier alpha value is -2.15. The van der Waals surface area contributed by atoms with Gasteiger partial charge in [0.2, 0.25) is 17.7 Å². The minimum Gasteiger partial charge on any atom is -0.369 e. The van der Waals surface area contributed by atoms with Crippen LogP contribution in [0.5, 0.6) is 0 Å². The van der Waals surface area contributed by atoms with Crippen molar-refractivity contribution in [2.45, 2.75) is 43.9 Å². The number of nitrogens with two attached hydrogens (primary N) is 3. The summed E-state index contributed by atoms with van der Waals surface area (Å²) in [6, 6.07) is 7.49. The summed E-state index contributed by atoms with van der Waals surface area (Å²) in [5, 5.41) is 0. The van der Waals surface area contributed by atoms with Gasteiger partial charge in [-0.3, -0.25) is 14.4 Å². The van der Waals surface area contributed by atoms with Crippen LogP contribution in [0, 0.1) is 34.5 Å².